The smallest absolute Gasteiger partial charge is 0.288 e. The number of para-hydroxylation sites is 1. The Morgan fingerprint density at radius 2 is 1.83 bits per heavy atom. The van der Waals surface area contributed by atoms with Crippen molar-refractivity contribution in [3.63, 3.8) is 0 Å². The number of nitrogens with one attached hydrogen (secondary N) is 2. The van der Waals surface area contributed by atoms with E-state index >= 15 is 0 Å². The Hall–Kier alpha value is -0.810. The zero-order valence-electron chi connectivity index (χ0n) is 11.0. The van der Waals surface area contributed by atoms with Gasteiger partial charge in [-0.3, -0.25) is 0 Å². The van der Waals surface area contributed by atoms with E-state index in [2.05, 4.69) is 31.4 Å². The fourth-order valence-electron chi connectivity index (χ4n) is 1.45. The summed E-state index contributed by atoms with van der Waals surface area (Å²) in [5.74, 6) is -2.39. The van der Waals surface area contributed by atoms with Crippen LogP contribution in [0.3, 0.4) is 0 Å². The zero-order chi connectivity index (χ0) is 13.6. The summed E-state index contributed by atoms with van der Waals surface area (Å²) in [4.78, 5) is 0.586. The molecule has 0 aliphatic carbocycles. The number of hydrogen-bond acceptors (Lipinski definition) is 3. The quantitative estimate of drug-likeness (QED) is 0.609. The SMILES string of the molecule is CC(C)(C)NCCNc1ccccc1SC(F)F. The van der Waals surface area contributed by atoms with E-state index in [9.17, 15) is 8.78 Å². The van der Waals surface area contributed by atoms with Crippen LogP contribution in [0.15, 0.2) is 29.2 Å². The first-order valence-electron chi connectivity index (χ1n) is 5.91. The van der Waals surface area contributed by atoms with Crippen molar-refractivity contribution < 1.29 is 8.78 Å². The van der Waals surface area contributed by atoms with E-state index < -0.39 is 5.76 Å². The monoisotopic (exact) mass is 274 g/mol. The van der Waals surface area contributed by atoms with E-state index in [0.717, 1.165) is 12.2 Å². The number of hydrogen-bond donors (Lipinski definition) is 2. The van der Waals surface area contributed by atoms with Gasteiger partial charge in [-0.2, -0.15) is 8.78 Å². The maximum absolute atomic E-state index is 12.4. The molecule has 1 aromatic rings. The molecule has 0 amide bonds. The van der Waals surface area contributed by atoms with Gasteiger partial charge in [-0.15, -0.1) is 0 Å². The molecular formula is C13H20F2N2S. The van der Waals surface area contributed by atoms with Crippen molar-refractivity contribution in [3.8, 4) is 0 Å². The van der Waals surface area contributed by atoms with Gasteiger partial charge in [0.25, 0.3) is 5.76 Å². The molecule has 2 N–H and O–H groups in total. The maximum atomic E-state index is 12.4. The summed E-state index contributed by atoms with van der Waals surface area (Å²) in [7, 11) is 0. The van der Waals surface area contributed by atoms with Crippen molar-refractivity contribution in [2.45, 2.75) is 37.0 Å². The molecule has 0 bridgehead atoms. The van der Waals surface area contributed by atoms with Gasteiger partial charge in [-0.25, -0.2) is 0 Å². The summed E-state index contributed by atoms with van der Waals surface area (Å²) >= 11 is 0.572. The van der Waals surface area contributed by atoms with Gasteiger partial charge in [0.15, 0.2) is 0 Å². The summed E-state index contributed by atoms with van der Waals surface area (Å²) in [6, 6.07) is 7.14. The van der Waals surface area contributed by atoms with E-state index in [1.807, 2.05) is 12.1 Å². The van der Waals surface area contributed by atoms with Crippen molar-refractivity contribution in [2.24, 2.45) is 0 Å². The van der Waals surface area contributed by atoms with Gasteiger partial charge in [-0.05, 0) is 32.9 Å². The van der Waals surface area contributed by atoms with E-state index in [0.29, 0.717) is 23.2 Å². The van der Waals surface area contributed by atoms with Gasteiger partial charge in [0, 0.05) is 29.2 Å². The minimum atomic E-state index is -2.39. The van der Waals surface area contributed by atoms with Gasteiger partial charge in [0.2, 0.25) is 0 Å². The van der Waals surface area contributed by atoms with Crippen LogP contribution in [0.1, 0.15) is 20.8 Å². The second kappa shape index (κ2) is 6.95. The lowest BCUT2D eigenvalue weighted by Gasteiger charge is -2.21. The first-order chi connectivity index (χ1) is 8.38. The van der Waals surface area contributed by atoms with Gasteiger partial charge in [-0.1, -0.05) is 23.9 Å². The standard InChI is InChI=1S/C13H20F2N2S/c1-13(2,3)17-9-8-16-10-6-4-5-7-11(10)18-12(14)15/h4-7,12,16-17H,8-9H2,1-3H3. The minimum absolute atomic E-state index is 0.0684. The fourth-order valence-corrected chi connectivity index (χ4v) is 2.06. The average molecular weight is 274 g/mol. The molecule has 0 spiro atoms. The predicted octanol–water partition coefficient (Wildman–Crippen LogP) is 3.80. The highest BCUT2D eigenvalue weighted by molar-refractivity contribution is 7.99. The third-order valence-electron chi connectivity index (χ3n) is 2.20. The number of rotatable bonds is 6. The number of anilines is 1. The van der Waals surface area contributed by atoms with E-state index in [4.69, 9.17) is 0 Å². The predicted molar refractivity (Wildman–Crippen MR) is 74.5 cm³/mol. The zero-order valence-corrected chi connectivity index (χ0v) is 11.8. The number of alkyl halides is 2. The largest absolute Gasteiger partial charge is 0.383 e. The van der Waals surface area contributed by atoms with Gasteiger partial charge < -0.3 is 10.6 Å². The Kier molecular flexibility index (Phi) is 5.88. The molecule has 18 heavy (non-hydrogen) atoms. The third-order valence-corrected chi connectivity index (χ3v) is 2.99. The average Bonchev–Trinajstić information content (AvgIpc) is 2.24. The Morgan fingerprint density at radius 3 is 2.44 bits per heavy atom. The molecule has 1 rings (SSSR count). The van der Waals surface area contributed by atoms with Crippen LogP contribution >= 0.6 is 11.8 Å². The van der Waals surface area contributed by atoms with Crippen LogP contribution in [0.2, 0.25) is 0 Å². The number of halogens is 2. The number of benzene rings is 1. The van der Waals surface area contributed by atoms with Crippen LogP contribution in [0, 0.1) is 0 Å². The normalized spacial score (nSPS) is 11.9. The lowest BCUT2D eigenvalue weighted by Crippen LogP contribution is -2.38. The summed E-state index contributed by atoms with van der Waals surface area (Å²) in [6.07, 6.45) is 0. The Morgan fingerprint density at radius 1 is 1.17 bits per heavy atom. The second-order valence-electron chi connectivity index (χ2n) is 4.98. The van der Waals surface area contributed by atoms with Crippen LogP contribution in [0.5, 0.6) is 0 Å². The van der Waals surface area contributed by atoms with Gasteiger partial charge in [0.1, 0.15) is 0 Å². The fraction of sp³-hybridized carbons (Fsp3) is 0.538. The molecule has 5 heteroatoms. The van der Waals surface area contributed by atoms with E-state index in [1.165, 1.54) is 0 Å². The van der Waals surface area contributed by atoms with Crippen molar-refractivity contribution in [3.05, 3.63) is 24.3 Å². The molecule has 0 saturated carbocycles. The van der Waals surface area contributed by atoms with E-state index in [1.54, 1.807) is 12.1 Å². The molecule has 0 saturated heterocycles. The first-order valence-corrected chi connectivity index (χ1v) is 6.79. The molecule has 0 atom stereocenters. The van der Waals surface area contributed by atoms with Crippen LogP contribution in [0.4, 0.5) is 14.5 Å². The van der Waals surface area contributed by atoms with Gasteiger partial charge in [0.05, 0.1) is 0 Å². The van der Waals surface area contributed by atoms with Crippen LogP contribution in [0.25, 0.3) is 0 Å². The molecule has 0 aromatic heterocycles. The van der Waals surface area contributed by atoms with Crippen molar-refractivity contribution >= 4 is 17.4 Å². The Balaban J connectivity index is 2.46. The topological polar surface area (TPSA) is 24.1 Å². The first kappa shape index (κ1) is 15.2. The molecule has 0 aliphatic rings. The molecule has 0 heterocycles. The lowest BCUT2D eigenvalue weighted by atomic mass is 10.1. The second-order valence-corrected chi connectivity index (χ2v) is 6.01. The highest BCUT2D eigenvalue weighted by Crippen LogP contribution is 2.31. The lowest BCUT2D eigenvalue weighted by molar-refractivity contribution is 0.252. The highest BCUT2D eigenvalue weighted by atomic mass is 32.2. The number of thioether (sulfide) groups is 1. The summed E-state index contributed by atoms with van der Waals surface area (Å²) in [5.41, 5.74) is 0.831. The van der Waals surface area contributed by atoms with Crippen LogP contribution in [-0.2, 0) is 0 Å². The summed E-state index contributed by atoms with van der Waals surface area (Å²) in [5, 5.41) is 6.51. The summed E-state index contributed by atoms with van der Waals surface area (Å²) in [6.45, 7) is 7.77. The highest BCUT2D eigenvalue weighted by Gasteiger charge is 2.10. The van der Waals surface area contributed by atoms with Crippen molar-refractivity contribution in [1.82, 2.24) is 5.32 Å². The Bertz CT molecular complexity index is 364. The molecule has 1 aromatic carbocycles. The van der Waals surface area contributed by atoms with E-state index in [-0.39, 0.29) is 5.54 Å². The summed E-state index contributed by atoms with van der Waals surface area (Å²) < 4.78 is 24.7. The van der Waals surface area contributed by atoms with Crippen molar-refractivity contribution in [2.75, 3.05) is 18.4 Å². The third kappa shape index (κ3) is 6.21. The molecule has 102 valence electrons. The van der Waals surface area contributed by atoms with Crippen LogP contribution < -0.4 is 10.6 Å². The molecular weight excluding hydrogens is 254 g/mol. The maximum Gasteiger partial charge on any atom is 0.288 e. The molecule has 0 fully saturated rings. The minimum Gasteiger partial charge on any atom is -0.383 e. The molecule has 0 aliphatic heterocycles. The molecule has 0 radical (unpaired) electrons. The molecule has 2 nitrogen and oxygen atoms in total. The van der Waals surface area contributed by atoms with Crippen LogP contribution in [-0.4, -0.2) is 24.4 Å². The van der Waals surface area contributed by atoms with Gasteiger partial charge >= 0.3 is 0 Å². The van der Waals surface area contributed by atoms with Crippen molar-refractivity contribution in [1.29, 1.82) is 0 Å². The Labute approximate surface area is 112 Å². The molecule has 0 unspecified atom stereocenters.